The van der Waals surface area contributed by atoms with Gasteiger partial charge >= 0.3 is 7.82 Å². The second kappa shape index (κ2) is 12.2. The summed E-state index contributed by atoms with van der Waals surface area (Å²) in [7, 11) is -4.35. The third kappa shape index (κ3) is 8.79. The quantitative estimate of drug-likeness (QED) is 0.284. The van der Waals surface area contributed by atoms with E-state index in [0.29, 0.717) is 6.42 Å². The normalized spacial score (nSPS) is 11.9. The maximum Gasteiger partial charge on any atom is 0.469 e. The first kappa shape index (κ1) is 23.7. The van der Waals surface area contributed by atoms with E-state index in [0.717, 1.165) is 43.2 Å². The molecule has 0 unspecified atom stereocenters. The van der Waals surface area contributed by atoms with Crippen molar-refractivity contribution in [2.24, 2.45) is 0 Å². The van der Waals surface area contributed by atoms with Crippen LogP contribution in [0.3, 0.4) is 0 Å². The molecule has 7 heteroatoms. The number of benzene rings is 2. The molecule has 2 aromatic carbocycles. The molecule has 0 aliphatic heterocycles. The minimum atomic E-state index is -4.35. The third-order valence-corrected chi connectivity index (χ3v) is 5.54. The number of unbranched alkanes of at least 4 members (excludes halogenated alkanes) is 4. The zero-order valence-electron chi connectivity index (χ0n) is 16.6. The molecule has 2 aromatic rings. The molecular weight excluding hydrogens is 391 g/mol. The van der Waals surface area contributed by atoms with Gasteiger partial charge in [-0.2, -0.15) is 0 Å². The summed E-state index contributed by atoms with van der Waals surface area (Å²) < 4.78 is 15.1. The highest BCUT2D eigenvalue weighted by Crippen LogP contribution is 2.36. The number of hydrogen-bond acceptors (Lipinski definition) is 4. The van der Waals surface area contributed by atoms with Crippen LogP contribution in [0.15, 0.2) is 48.5 Å². The molecule has 0 spiro atoms. The lowest BCUT2D eigenvalue weighted by atomic mass is 9.86. The van der Waals surface area contributed by atoms with Crippen LogP contribution in [0, 0.1) is 0 Å². The van der Waals surface area contributed by atoms with Gasteiger partial charge in [-0.25, -0.2) is 4.57 Å². The van der Waals surface area contributed by atoms with E-state index in [1.165, 1.54) is 11.1 Å². The van der Waals surface area contributed by atoms with Gasteiger partial charge in [-0.15, -0.1) is 0 Å². The predicted molar refractivity (Wildman–Crippen MR) is 112 cm³/mol. The SMILES string of the molecule is O=P(O)(O)OCCCCCCCC(c1ccc(CO)cc1)c1ccc(CO)cc1. The number of hydrogen-bond donors (Lipinski definition) is 4. The number of aliphatic hydroxyl groups excluding tert-OH is 2. The Hall–Kier alpha value is -1.53. The number of rotatable bonds is 13. The highest BCUT2D eigenvalue weighted by atomic mass is 31.2. The Morgan fingerprint density at radius 2 is 1.17 bits per heavy atom. The van der Waals surface area contributed by atoms with Gasteiger partial charge in [0.15, 0.2) is 0 Å². The summed E-state index contributed by atoms with van der Waals surface area (Å²) in [6.07, 6.45) is 5.56. The lowest BCUT2D eigenvalue weighted by Gasteiger charge is -2.19. The van der Waals surface area contributed by atoms with Gasteiger partial charge in [-0.05, 0) is 35.1 Å². The first-order valence-corrected chi connectivity index (χ1v) is 11.6. The second-order valence-electron chi connectivity index (χ2n) is 7.23. The summed E-state index contributed by atoms with van der Waals surface area (Å²) in [5.41, 5.74) is 4.18. The van der Waals surface area contributed by atoms with Crippen molar-refractivity contribution in [2.45, 2.75) is 57.7 Å². The fourth-order valence-corrected chi connectivity index (χ4v) is 3.77. The molecule has 0 atom stereocenters. The van der Waals surface area contributed by atoms with E-state index in [4.69, 9.17) is 9.79 Å². The molecule has 160 valence electrons. The minimum Gasteiger partial charge on any atom is -0.392 e. The third-order valence-electron chi connectivity index (χ3n) is 5.03. The van der Waals surface area contributed by atoms with Crippen molar-refractivity contribution in [3.8, 4) is 0 Å². The smallest absolute Gasteiger partial charge is 0.392 e. The summed E-state index contributed by atoms with van der Waals surface area (Å²) in [4.78, 5) is 17.3. The Labute approximate surface area is 172 Å². The largest absolute Gasteiger partial charge is 0.469 e. The highest BCUT2D eigenvalue weighted by molar-refractivity contribution is 7.46. The van der Waals surface area contributed by atoms with Crippen molar-refractivity contribution in [3.63, 3.8) is 0 Å². The van der Waals surface area contributed by atoms with Gasteiger partial charge in [-0.1, -0.05) is 74.2 Å². The summed E-state index contributed by atoms with van der Waals surface area (Å²) in [5, 5.41) is 18.5. The molecule has 6 nitrogen and oxygen atoms in total. The van der Waals surface area contributed by atoms with Crippen LogP contribution in [-0.2, 0) is 22.3 Å². The van der Waals surface area contributed by atoms with E-state index in [-0.39, 0.29) is 25.7 Å². The van der Waals surface area contributed by atoms with Gasteiger partial charge < -0.3 is 20.0 Å². The van der Waals surface area contributed by atoms with E-state index < -0.39 is 7.82 Å². The van der Waals surface area contributed by atoms with Gasteiger partial charge in [0.25, 0.3) is 0 Å². The van der Waals surface area contributed by atoms with Crippen LogP contribution in [0.2, 0.25) is 0 Å². The van der Waals surface area contributed by atoms with E-state index in [2.05, 4.69) is 28.8 Å². The molecule has 0 heterocycles. The predicted octanol–water partition coefficient (Wildman–Crippen LogP) is 4.25. The topological polar surface area (TPSA) is 107 Å². The van der Waals surface area contributed by atoms with Crippen LogP contribution in [-0.4, -0.2) is 26.6 Å². The number of phosphoric acid groups is 1. The molecule has 0 fully saturated rings. The van der Waals surface area contributed by atoms with Gasteiger partial charge in [0, 0.05) is 5.92 Å². The van der Waals surface area contributed by atoms with Crippen molar-refractivity contribution in [2.75, 3.05) is 6.61 Å². The van der Waals surface area contributed by atoms with Crippen molar-refractivity contribution in [1.82, 2.24) is 0 Å². The molecule has 0 saturated carbocycles. The molecule has 2 rings (SSSR count). The molecular formula is C22H31O6P. The molecule has 0 aliphatic rings. The van der Waals surface area contributed by atoms with Gasteiger partial charge in [0.2, 0.25) is 0 Å². The maximum atomic E-state index is 10.6. The van der Waals surface area contributed by atoms with Gasteiger partial charge in [0.05, 0.1) is 19.8 Å². The molecule has 4 N–H and O–H groups in total. The van der Waals surface area contributed by atoms with Crippen LogP contribution in [0.1, 0.15) is 66.7 Å². The lowest BCUT2D eigenvalue weighted by Crippen LogP contribution is -2.02. The Morgan fingerprint density at radius 1 is 0.724 bits per heavy atom. The molecule has 0 radical (unpaired) electrons. The molecule has 0 aliphatic carbocycles. The summed E-state index contributed by atoms with van der Waals surface area (Å²) in [6.45, 7) is 0.144. The van der Waals surface area contributed by atoms with Gasteiger partial charge in [-0.3, -0.25) is 4.52 Å². The first-order valence-electron chi connectivity index (χ1n) is 10.0. The summed E-state index contributed by atoms with van der Waals surface area (Å²) in [5.74, 6) is 0.244. The fourth-order valence-electron chi connectivity index (χ4n) is 3.40. The summed E-state index contributed by atoms with van der Waals surface area (Å²) in [6, 6.07) is 16.1. The fraction of sp³-hybridized carbons (Fsp3) is 0.455. The minimum absolute atomic E-state index is 0.0296. The molecule has 29 heavy (non-hydrogen) atoms. The monoisotopic (exact) mass is 422 g/mol. The van der Waals surface area contributed by atoms with Crippen LogP contribution >= 0.6 is 7.82 Å². The average Bonchev–Trinajstić information content (AvgIpc) is 2.72. The Morgan fingerprint density at radius 3 is 1.62 bits per heavy atom. The van der Waals surface area contributed by atoms with Crippen LogP contribution in [0.25, 0.3) is 0 Å². The Balaban J connectivity index is 1.89. The highest BCUT2D eigenvalue weighted by Gasteiger charge is 2.15. The Kier molecular flexibility index (Phi) is 10.0. The number of phosphoric ester groups is 1. The molecule has 0 saturated heterocycles. The number of aliphatic hydroxyl groups is 2. The lowest BCUT2D eigenvalue weighted by molar-refractivity contribution is 0.193. The van der Waals surface area contributed by atoms with Crippen LogP contribution < -0.4 is 0 Å². The summed E-state index contributed by atoms with van der Waals surface area (Å²) >= 11 is 0. The zero-order valence-corrected chi connectivity index (χ0v) is 17.5. The zero-order chi connectivity index (χ0) is 21.1. The van der Waals surface area contributed by atoms with Crippen LogP contribution in [0.5, 0.6) is 0 Å². The van der Waals surface area contributed by atoms with Crippen LogP contribution in [0.4, 0.5) is 0 Å². The average molecular weight is 422 g/mol. The van der Waals surface area contributed by atoms with Crippen molar-refractivity contribution in [3.05, 3.63) is 70.8 Å². The van der Waals surface area contributed by atoms with Gasteiger partial charge in [0.1, 0.15) is 0 Å². The van der Waals surface area contributed by atoms with Crippen molar-refractivity contribution in [1.29, 1.82) is 0 Å². The Bertz CT molecular complexity index is 706. The van der Waals surface area contributed by atoms with Crippen molar-refractivity contribution < 1.29 is 29.1 Å². The van der Waals surface area contributed by atoms with E-state index in [1.54, 1.807) is 0 Å². The standard InChI is InChI=1S/C22H31O6P/c23-16-18-7-11-20(12-8-18)22(21-13-9-19(17-24)10-14-21)6-4-2-1-3-5-15-28-29(25,26)27/h7-14,22-24H,1-6,15-17H2,(H2,25,26,27). The second-order valence-corrected chi connectivity index (χ2v) is 8.47. The van der Waals surface area contributed by atoms with E-state index in [9.17, 15) is 14.8 Å². The molecule has 0 aromatic heterocycles. The maximum absolute atomic E-state index is 10.6. The first-order chi connectivity index (χ1) is 13.9. The molecule has 0 bridgehead atoms. The molecule has 0 amide bonds. The van der Waals surface area contributed by atoms with E-state index in [1.807, 2.05) is 24.3 Å². The van der Waals surface area contributed by atoms with E-state index >= 15 is 0 Å². The van der Waals surface area contributed by atoms with Crippen molar-refractivity contribution >= 4 is 7.82 Å².